The highest BCUT2D eigenvalue weighted by atomic mass is 16.5. The minimum Gasteiger partial charge on any atom is -0.508 e. The van der Waals surface area contributed by atoms with Crippen LogP contribution in [0.15, 0.2) is 42.5 Å². The van der Waals surface area contributed by atoms with E-state index in [0.29, 0.717) is 11.2 Å². The van der Waals surface area contributed by atoms with Crippen molar-refractivity contribution < 1.29 is 9.84 Å². The number of benzene rings is 2. The first kappa shape index (κ1) is 18.8. The van der Waals surface area contributed by atoms with E-state index in [1.165, 1.54) is 43.2 Å². The van der Waals surface area contributed by atoms with Crippen LogP contribution in [-0.2, 0) is 12.8 Å². The van der Waals surface area contributed by atoms with Crippen LogP contribution in [0.1, 0.15) is 69.1 Å². The fraction of sp³-hybridized carbons (Fsp3) is 0.500. The molecule has 2 nitrogen and oxygen atoms in total. The summed E-state index contributed by atoms with van der Waals surface area (Å²) in [5.41, 5.74) is 4.00. The number of hydrogen-bond acceptors (Lipinski definition) is 2. The van der Waals surface area contributed by atoms with Crippen molar-refractivity contribution in [3.05, 3.63) is 59.2 Å². The highest BCUT2D eigenvalue weighted by Gasteiger charge is 2.26. The third-order valence-corrected chi connectivity index (χ3v) is 5.89. The fourth-order valence-electron chi connectivity index (χ4n) is 4.04. The fourth-order valence-corrected chi connectivity index (χ4v) is 4.04. The van der Waals surface area contributed by atoms with Gasteiger partial charge < -0.3 is 9.84 Å². The normalized spacial score (nSPS) is 16.4. The minimum absolute atomic E-state index is 0.395. The molecule has 1 N–H and O–H groups in total. The summed E-state index contributed by atoms with van der Waals surface area (Å²) in [6.45, 7) is 5.30. The maximum Gasteiger partial charge on any atom is 0.119 e. The Hall–Kier alpha value is -1.96. The molecule has 2 heteroatoms. The Labute approximate surface area is 158 Å². The molecule has 0 atom stereocenters. The topological polar surface area (TPSA) is 29.5 Å². The predicted octanol–water partition coefficient (Wildman–Crippen LogP) is 6.28. The zero-order valence-electron chi connectivity index (χ0n) is 16.3. The molecule has 3 rings (SSSR count). The smallest absolute Gasteiger partial charge is 0.119 e. The molecule has 0 bridgehead atoms. The van der Waals surface area contributed by atoms with Crippen LogP contribution in [0.2, 0.25) is 0 Å². The Morgan fingerprint density at radius 3 is 2.35 bits per heavy atom. The number of ether oxygens (including phenoxy) is 1. The van der Waals surface area contributed by atoms with Crippen molar-refractivity contribution in [2.24, 2.45) is 5.41 Å². The van der Waals surface area contributed by atoms with Gasteiger partial charge in [0, 0.05) is 0 Å². The summed E-state index contributed by atoms with van der Waals surface area (Å²) in [6, 6.07) is 14.4. The second-order valence-corrected chi connectivity index (χ2v) is 8.11. The molecule has 0 amide bonds. The van der Waals surface area contributed by atoms with E-state index < -0.39 is 0 Å². The van der Waals surface area contributed by atoms with Gasteiger partial charge in [-0.05, 0) is 72.4 Å². The number of rotatable bonds is 7. The average Bonchev–Trinajstić information content (AvgIpc) is 2.65. The standard InChI is InChI=1S/C24H32O2/c1-3-21-18-20(9-12-23(21)25)17-19-7-10-22(11-8-19)26-16-15-24(2)13-5-4-6-14-24/h7-12,18,25H,3-6,13-17H2,1-2H3. The summed E-state index contributed by atoms with van der Waals surface area (Å²) in [7, 11) is 0. The van der Waals surface area contributed by atoms with E-state index in [9.17, 15) is 5.11 Å². The van der Waals surface area contributed by atoms with Crippen molar-refractivity contribution in [1.29, 1.82) is 0 Å². The van der Waals surface area contributed by atoms with Crippen LogP contribution in [0.25, 0.3) is 0 Å². The van der Waals surface area contributed by atoms with Crippen LogP contribution >= 0.6 is 0 Å². The lowest BCUT2D eigenvalue weighted by atomic mass is 9.74. The van der Waals surface area contributed by atoms with Gasteiger partial charge >= 0.3 is 0 Å². The Bertz CT molecular complexity index is 697. The van der Waals surface area contributed by atoms with E-state index in [0.717, 1.165) is 37.2 Å². The van der Waals surface area contributed by atoms with Gasteiger partial charge in [0.25, 0.3) is 0 Å². The van der Waals surface area contributed by atoms with Crippen LogP contribution in [0.5, 0.6) is 11.5 Å². The van der Waals surface area contributed by atoms with Gasteiger partial charge in [-0.1, -0.05) is 57.4 Å². The van der Waals surface area contributed by atoms with Gasteiger partial charge in [-0.3, -0.25) is 0 Å². The van der Waals surface area contributed by atoms with Crippen molar-refractivity contribution >= 4 is 0 Å². The zero-order valence-corrected chi connectivity index (χ0v) is 16.3. The lowest BCUT2D eigenvalue weighted by Crippen LogP contribution is -2.22. The van der Waals surface area contributed by atoms with Gasteiger partial charge in [0.15, 0.2) is 0 Å². The lowest BCUT2D eigenvalue weighted by molar-refractivity contribution is 0.157. The Morgan fingerprint density at radius 2 is 1.65 bits per heavy atom. The summed E-state index contributed by atoms with van der Waals surface area (Å²) in [5.74, 6) is 1.36. The Balaban J connectivity index is 1.52. The van der Waals surface area contributed by atoms with E-state index in [-0.39, 0.29) is 0 Å². The van der Waals surface area contributed by atoms with Crippen LogP contribution in [0.4, 0.5) is 0 Å². The zero-order chi connectivity index (χ0) is 18.4. The minimum atomic E-state index is 0.395. The average molecular weight is 353 g/mol. The molecule has 26 heavy (non-hydrogen) atoms. The summed E-state index contributed by atoms with van der Waals surface area (Å²) in [4.78, 5) is 0. The maximum absolute atomic E-state index is 9.82. The number of phenols is 1. The van der Waals surface area contributed by atoms with Crippen molar-refractivity contribution in [3.8, 4) is 11.5 Å². The van der Waals surface area contributed by atoms with E-state index in [1.807, 2.05) is 6.07 Å². The van der Waals surface area contributed by atoms with E-state index in [2.05, 4.69) is 44.2 Å². The molecule has 1 saturated carbocycles. The first-order chi connectivity index (χ1) is 12.6. The van der Waals surface area contributed by atoms with Crippen molar-refractivity contribution in [2.45, 2.75) is 65.2 Å². The molecular weight excluding hydrogens is 320 g/mol. The first-order valence-corrected chi connectivity index (χ1v) is 10.1. The summed E-state index contributed by atoms with van der Waals surface area (Å²) < 4.78 is 6.00. The van der Waals surface area contributed by atoms with Crippen molar-refractivity contribution in [1.82, 2.24) is 0 Å². The van der Waals surface area contributed by atoms with Gasteiger partial charge in [-0.15, -0.1) is 0 Å². The quantitative estimate of drug-likeness (QED) is 0.635. The highest BCUT2D eigenvalue weighted by Crippen LogP contribution is 2.38. The third-order valence-electron chi connectivity index (χ3n) is 5.89. The second kappa shape index (κ2) is 8.62. The number of aryl methyl sites for hydroxylation is 1. The van der Waals surface area contributed by atoms with E-state index >= 15 is 0 Å². The molecular formula is C24H32O2. The number of aromatic hydroxyl groups is 1. The Kier molecular flexibility index (Phi) is 6.24. The molecule has 0 radical (unpaired) electrons. The highest BCUT2D eigenvalue weighted by molar-refractivity contribution is 5.39. The van der Waals surface area contributed by atoms with Crippen LogP contribution in [0, 0.1) is 5.41 Å². The van der Waals surface area contributed by atoms with E-state index in [1.54, 1.807) is 6.07 Å². The van der Waals surface area contributed by atoms with Gasteiger partial charge in [0.1, 0.15) is 11.5 Å². The SMILES string of the molecule is CCc1cc(Cc2ccc(OCCC3(C)CCCCC3)cc2)ccc1O. The van der Waals surface area contributed by atoms with Gasteiger partial charge in [-0.2, -0.15) is 0 Å². The largest absolute Gasteiger partial charge is 0.508 e. The molecule has 1 fully saturated rings. The van der Waals surface area contributed by atoms with Crippen LogP contribution in [-0.4, -0.2) is 11.7 Å². The summed E-state index contributed by atoms with van der Waals surface area (Å²) in [6.07, 6.45) is 9.74. The molecule has 1 aliphatic carbocycles. The van der Waals surface area contributed by atoms with Crippen LogP contribution in [0.3, 0.4) is 0 Å². The number of phenolic OH excluding ortho intramolecular Hbond substituents is 1. The van der Waals surface area contributed by atoms with E-state index in [4.69, 9.17) is 4.74 Å². The summed E-state index contributed by atoms with van der Waals surface area (Å²) in [5, 5.41) is 9.82. The molecule has 0 saturated heterocycles. The Morgan fingerprint density at radius 1 is 0.962 bits per heavy atom. The third kappa shape index (κ3) is 5.03. The molecule has 0 heterocycles. The van der Waals surface area contributed by atoms with Gasteiger partial charge in [-0.25, -0.2) is 0 Å². The van der Waals surface area contributed by atoms with Gasteiger partial charge in [0.05, 0.1) is 6.61 Å². The predicted molar refractivity (Wildman–Crippen MR) is 108 cm³/mol. The molecule has 1 aliphatic rings. The monoisotopic (exact) mass is 352 g/mol. The van der Waals surface area contributed by atoms with Crippen molar-refractivity contribution in [2.75, 3.05) is 6.61 Å². The molecule has 140 valence electrons. The second-order valence-electron chi connectivity index (χ2n) is 8.11. The maximum atomic E-state index is 9.82. The molecule has 0 aliphatic heterocycles. The molecule has 0 spiro atoms. The van der Waals surface area contributed by atoms with Crippen LogP contribution < -0.4 is 4.74 Å². The van der Waals surface area contributed by atoms with Crippen molar-refractivity contribution in [3.63, 3.8) is 0 Å². The lowest BCUT2D eigenvalue weighted by Gasteiger charge is -2.33. The molecule has 2 aromatic rings. The first-order valence-electron chi connectivity index (χ1n) is 10.1. The molecule has 0 unspecified atom stereocenters. The molecule has 2 aromatic carbocycles. The summed E-state index contributed by atoms with van der Waals surface area (Å²) >= 11 is 0. The number of hydrogen-bond donors (Lipinski definition) is 1. The van der Waals surface area contributed by atoms with Gasteiger partial charge in [0.2, 0.25) is 0 Å². The molecule has 0 aromatic heterocycles.